The van der Waals surface area contributed by atoms with Crippen LogP contribution in [0.15, 0.2) is 18.2 Å². The minimum atomic E-state index is -3.71. The van der Waals surface area contributed by atoms with Crippen LogP contribution in [0.25, 0.3) is 0 Å². The molecule has 0 saturated carbocycles. The number of anilines is 1. The molecular formula is C17H25ClN2O4S. The van der Waals surface area contributed by atoms with Crippen LogP contribution in [-0.2, 0) is 14.8 Å². The molecule has 1 aliphatic heterocycles. The van der Waals surface area contributed by atoms with Gasteiger partial charge < -0.3 is 9.64 Å². The van der Waals surface area contributed by atoms with E-state index < -0.39 is 16.1 Å². The largest absolute Gasteiger partial charge is 0.495 e. The molecule has 0 radical (unpaired) electrons. The smallest absolute Gasteiger partial charge is 0.246 e. The average molecular weight is 389 g/mol. The van der Waals surface area contributed by atoms with E-state index in [9.17, 15) is 13.2 Å². The number of ether oxygens (including phenoxy) is 1. The first-order valence-corrected chi connectivity index (χ1v) is 10.6. The van der Waals surface area contributed by atoms with Crippen molar-refractivity contribution in [2.75, 3.05) is 30.8 Å². The van der Waals surface area contributed by atoms with Crippen molar-refractivity contribution in [3.8, 4) is 5.75 Å². The summed E-state index contributed by atoms with van der Waals surface area (Å²) in [5.41, 5.74) is 0.271. The summed E-state index contributed by atoms with van der Waals surface area (Å²) in [4.78, 5) is 14.7. The first-order valence-electron chi connectivity index (χ1n) is 8.37. The van der Waals surface area contributed by atoms with Crippen LogP contribution in [0, 0.1) is 0 Å². The molecule has 1 amide bonds. The summed E-state index contributed by atoms with van der Waals surface area (Å²) >= 11 is 6.05. The van der Waals surface area contributed by atoms with Gasteiger partial charge in [0.05, 0.1) is 19.1 Å². The first kappa shape index (κ1) is 19.8. The van der Waals surface area contributed by atoms with E-state index >= 15 is 0 Å². The minimum absolute atomic E-state index is 0.200. The van der Waals surface area contributed by atoms with Crippen molar-refractivity contribution in [3.63, 3.8) is 0 Å². The number of carbonyl (C=O) groups is 1. The number of carbonyl (C=O) groups excluding carboxylic acids is 1. The van der Waals surface area contributed by atoms with E-state index in [1.54, 1.807) is 24.0 Å². The molecule has 1 heterocycles. The van der Waals surface area contributed by atoms with Gasteiger partial charge in [-0.05, 0) is 38.0 Å². The molecule has 0 aromatic heterocycles. The summed E-state index contributed by atoms with van der Waals surface area (Å²) in [6.45, 7) is 2.93. The highest BCUT2D eigenvalue weighted by Gasteiger charge is 2.34. The molecule has 1 aromatic carbocycles. The third-order valence-electron chi connectivity index (χ3n) is 4.36. The lowest BCUT2D eigenvalue weighted by atomic mass is 10.2. The van der Waals surface area contributed by atoms with Crippen molar-refractivity contribution in [3.05, 3.63) is 23.2 Å². The van der Waals surface area contributed by atoms with E-state index in [1.807, 2.05) is 0 Å². The third-order valence-corrected chi connectivity index (χ3v) is 5.83. The lowest BCUT2D eigenvalue weighted by molar-refractivity contribution is -0.131. The second kappa shape index (κ2) is 8.27. The van der Waals surface area contributed by atoms with Crippen LogP contribution in [0.4, 0.5) is 5.69 Å². The van der Waals surface area contributed by atoms with Crippen molar-refractivity contribution >= 4 is 33.2 Å². The van der Waals surface area contributed by atoms with Crippen LogP contribution in [0.1, 0.15) is 32.6 Å². The van der Waals surface area contributed by atoms with Gasteiger partial charge >= 0.3 is 0 Å². The maximum atomic E-state index is 12.9. The monoisotopic (exact) mass is 388 g/mol. The zero-order valence-corrected chi connectivity index (χ0v) is 16.4. The first-order chi connectivity index (χ1) is 11.8. The molecule has 0 N–H and O–H groups in total. The highest BCUT2D eigenvalue weighted by atomic mass is 35.5. The van der Waals surface area contributed by atoms with E-state index in [1.165, 1.54) is 13.2 Å². The van der Waals surface area contributed by atoms with Crippen molar-refractivity contribution in [2.24, 2.45) is 0 Å². The molecule has 1 aliphatic rings. The molecule has 1 atom stereocenters. The van der Waals surface area contributed by atoms with E-state index in [0.29, 0.717) is 23.9 Å². The van der Waals surface area contributed by atoms with Crippen molar-refractivity contribution in [1.82, 2.24) is 4.90 Å². The lowest BCUT2D eigenvalue weighted by Crippen LogP contribution is -2.49. The van der Waals surface area contributed by atoms with E-state index in [4.69, 9.17) is 16.3 Å². The number of amides is 1. The van der Waals surface area contributed by atoms with Gasteiger partial charge in [0, 0.05) is 18.1 Å². The minimum Gasteiger partial charge on any atom is -0.495 e. The zero-order valence-electron chi connectivity index (χ0n) is 14.9. The van der Waals surface area contributed by atoms with Crippen LogP contribution in [0.2, 0.25) is 5.02 Å². The van der Waals surface area contributed by atoms with Crippen LogP contribution in [-0.4, -0.2) is 51.7 Å². The Balaban J connectivity index is 2.41. The predicted molar refractivity (Wildman–Crippen MR) is 99.8 cm³/mol. The van der Waals surface area contributed by atoms with Gasteiger partial charge in [0.15, 0.2) is 0 Å². The van der Waals surface area contributed by atoms with Crippen molar-refractivity contribution in [1.29, 1.82) is 0 Å². The predicted octanol–water partition coefficient (Wildman–Crippen LogP) is 2.91. The van der Waals surface area contributed by atoms with Crippen molar-refractivity contribution < 1.29 is 17.9 Å². The molecule has 140 valence electrons. The molecule has 0 unspecified atom stereocenters. The van der Waals surface area contributed by atoms with Gasteiger partial charge in [0.1, 0.15) is 11.8 Å². The molecule has 8 heteroatoms. The number of halogens is 1. The fraction of sp³-hybridized carbons (Fsp3) is 0.588. The van der Waals surface area contributed by atoms with Gasteiger partial charge in [0.2, 0.25) is 15.9 Å². The van der Waals surface area contributed by atoms with Gasteiger partial charge in [0.25, 0.3) is 0 Å². The van der Waals surface area contributed by atoms with Gasteiger partial charge in [-0.15, -0.1) is 0 Å². The van der Waals surface area contributed by atoms with Gasteiger partial charge in [-0.1, -0.05) is 24.4 Å². The summed E-state index contributed by atoms with van der Waals surface area (Å²) in [5, 5.41) is 0.374. The fourth-order valence-electron chi connectivity index (χ4n) is 3.17. The molecule has 6 nitrogen and oxygen atoms in total. The molecular weight excluding hydrogens is 364 g/mol. The molecule has 0 spiro atoms. The van der Waals surface area contributed by atoms with Crippen LogP contribution >= 0.6 is 11.6 Å². The number of methoxy groups -OCH3 is 1. The maximum Gasteiger partial charge on any atom is 0.246 e. The highest BCUT2D eigenvalue weighted by molar-refractivity contribution is 7.92. The number of benzene rings is 1. The normalized spacial score (nSPS) is 16.9. The summed E-state index contributed by atoms with van der Waals surface area (Å²) in [6.07, 6.45) is 5.15. The Morgan fingerprint density at radius 2 is 1.84 bits per heavy atom. The van der Waals surface area contributed by atoms with Crippen LogP contribution in [0.5, 0.6) is 5.75 Å². The SMILES string of the molecule is COc1ccc(Cl)cc1N([C@H](C)C(=O)N1CCCCCC1)S(C)(=O)=O. The summed E-state index contributed by atoms with van der Waals surface area (Å²) in [7, 11) is -2.26. The summed E-state index contributed by atoms with van der Waals surface area (Å²) in [5.74, 6) is 0.152. The zero-order chi connectivity index (χ0) is 18.6. The summed E-state index contributed by atoms with van der Waals surface area (Å²) < 4.78 is 31.3. The van der Waals surface area contributed by atoms with Gasteiger partial charge in [-0.3, -0.25) is 9.10 Å². The second-order valence-corrected chi connectivity index (χ2v) is 8.59. The van der Waals surface area contributed by atoms with Crippen molar-refractivity contribution in [2.45, 2.75) is 38.6 Å². The molecule has 1 saturated heterocycles. The maximum absolute atomic E-state index is 12.9. The van der Waals surface area contributed by atoms with E-state index in [-0.39, 0.29) is 11.6 Å². The number of rotatable bonds is 5. The standard InChI is InChI=1S/C17H25ClN2O4S/c1-13(17(21)19-10-6-4-5-7-11-19)20(25(3,22)23)15-12-14(18)8-9-16(15)24-2/h8-9,12-13H,4-7,10-11H2,1-3H3/t13-/m1/s1. The molecule has 2 rings (SSSR count). The Labute approximate surface area is 154 Å². The number of sulfonamides is 1. The van der Waals surface area contributed by atoms with Crippen LogP contribution in [0.3, 0.4) is 0 Å². The number of hydrogen-bond donors (Lipinski definition) is 0. The number of hydrogen-bond acceptors (Lipinski definition) is 4. The molecule has 25 heavy (non-hydrogen) atoms. The Bertz CT molecular complexity index is 715. The Morgan fingerprint density at radius 3 is 2.36 bits per heavy atom. The third kappa shape index (κ3) is 4.79. The van der Waals surface area contributed by atoms with E-state index in [2.05, 4.69) is 0 Å². The number of nitrogens with zero attached hydrogens (tertiary/aromatic N) is 2. The second-order valence-electron chi connectivity index (χ2n) is 6.29. The Kier molecular flexibility index (Phi) is 6.57. The summed E-state index contributed by atoms with van der Waals surface area (Å²) in [6, 6.07) is 3.85. The van der Waals surface area contributed by atoms with E-state index in [0.717, 1.165) is 36.2 Å². The van der Waals surface area contributed by atoms with Crippen LogP contribution < -0.4 is 9.04 Å². The molecule has 1 fully saturated rings. The van der Waals surface area contributed by atoms with Gasteiger partial charge in [-0.25, -0.2) is 8.42 Å². The Hall–Kier alpha value is -1.47. The lowest BCUT2D eigenvalue weighted by Gasteiger charge is -2.33. The topological polar surface area (TPSA) is 66.9 Å². The average Bonchev–Trinajstić information content (AvgIpc) is 2.82. The molecule has 1 aromatic rings. The number of likely N-dealkylation sites (tertiary alicyclic amines) is 1. The molecule has 0 aliphatic carbocycles. The van der Waals surface area contributed by atoms with Gasteiger partial charge in [-0.2, -0.15) is 0 Å². The highest BCUT2D eigenvalue weighted by Crippen LogP contribution is 2.34. The Morgan fingerprint density at radius 1 is 1.24 bits per heavy atom. The fourth-order valence-corrected chi connectivity index (χ4v) is 4.50. The quantitative estimate of drug-likeness (QED) is 0.777. The molecule has 0 bridgehead atoms.